The zero-order valence-electron chi connectivity index (χ0n) is 10.3. The van der Waals surface area contributed by atoms with Gasteiger partial charge in [-0.15, -0.1) is 0 Å². The van der Waals surface area contributed by atoms with Gasteiger partial charge in [0.1, 0.15) is 28.9 Å². The SMILES string of the molecule is N#Cc1c(F)cccc1Oc1ccc(CCN)cc1. The zero-order valence-corrected chi connectivity index (χ0v) is 10.3. The van der Waals surface area contributed by atoms with Crippen molar-refractivity contribution in [1.29, 1.82) is 5.26 Å². The first-order valence-corrected chi connectivity index (χ1v) is 5.90. The average molecular weight is 256 g/mol. The summed E-state index contributed by atoms with van der Waals surface area (Å²) >= 11 is 0. The smallest absolute Gasteiger partial charge is 0.148 e. The van der Waals surface area contributed by atoms with E-state index in [-0.39, 0.29) is 11.3 Å². The van der Waals surface area contributed by atoms with Crippen LogP contribution in [0.2, 0.25) is 0 Å². The predicted octanol–water partition coefficient (Wildman–Crippen LogP) is 2.99. The fraction of sp³-hybridized carbons (Fsp3) is 0.133. The zero-order chi connectivity index (χ0) is 13.7. The maximum absolute atomic E-state index is 13.4. The highest BCUT2D eigenvalue weighted by molar-refractivity contribution is 5.46. The number of halogens is 1. The molecule has 0 fully saturated rings. The Morgan fingerprint density at radius 2 is 1.89 bits per heavy atom. The van der Waals surface area contributed by atoms with E-state index < -0.39 is 5.82 Å². The molecular formula is C15H13FN2O. The lowest BCUT2D eigenvalue weighted by Crippen LogP contribution is -2.02. The molecule has 0 aromatic heterocycles. The van der Waals surface area contributed by atoms with Gasteiger partial charge in [-0.05, 0) is 42.8 Å². The summed E-state index contributed by atoms with van der Waals surface area (Å²) in [6, 6.07) is 13.4. The number of nitrogens with zero attached hydrogens (tertiary/aromatic N) is 1. The number of nitrogens with two attached hydrogens (primary N) is 1. The molecule has 0 bridgehead atoms. The minimum Gasteiger partial charge on any atom is -0.456 e. The first-order valence-electron chi connectivity index (χ1n) is 5.90. The van der Waals surface area contributed by atoms with Crippen LogP contribution in [0, 0.1) is 17.1 Å². The van der Waals surface area contributed by atoms with Crippen LogP contribution >= 0.6 is 0 Å². The van der Waals surface area contributed by atoms with Crippen LogP contribution < -0.4 is 10.5 Å². The van der Waals surface area contributed by atoms with Gasteiger partial charge in [-0.1, -0.05) is 18.2 Å². The minimum absolute atomic E-state index is 0.0893. The Hall–Kier alpha value is -2.38. The fourth-order valence-corrected chi connectivity index (χ4v) is 1.72. The van der Waals surface area contributed by atoms with Gasteiger partial charge in [0.25, 0.3) is 0 Å². The highest BCUT2D eigenvalue weighted by Gasteiger charge is 2.09. The first kappa shape index (κ1) is 13.1. The van der Waals surface area contributed by atoms with Crippen LogP contribution in [0.3, 0.4) is 0 Å². The van der Waals surface area contributed by atoms with E-state index in [1.54, 1.807) is 24.3 Å². The predicted molar refractivity (Wildman–Crippen MR) is 70.4 cm³/mol. The molecule has 3 nitrogen and oxygen atoms in total. The number of rotatable bonds is 4. The van der Waals surface area contributed by atoms with E-state index in [0.717, 1.165) is 12.0 Å². The standard InChI is InChI=1S/C15H13FN2O/c16-14-2-1-3-15(13(14)10-18)19-12-6-4-11(5-7-12)8-9-17/h1-7H,8-9,17H2. The number of hydrogen-bond donors (Lipinski definition) is 1. The Bertz CT molecular complexity index is 603. The van der Waals surface area contributed by atoms with Gasteiger partial charge >= 0.3 is 0 Å². The Morgan fingerprint density at radius 1 is 1.16 bits per heavy atom. The molecule has 0 aliphatic carbocycles. The third kappa shape index (κ3) is 3.09. The number of hydrogen-bond acceptors (Lipinski definition) is 3. The second kappa shape index (κ2) is 5.98. The highest BCUT2D eigenvalue weighted by atomic mass is 19.1. The van der Waals surface area contributed by atoms with Gasteiger partial charge in [-0.2, -0.15) is 5.26 Å². The Kier molecular flexibility index (Phi) is 4.11. The van der Waals surface area contributed by atoms with Crippen molar-refractivity contribution in [2.45, 2.75) is 6.42 Å². The van der Waals surface area contributed by atoms with Gasteiger partial charge in [-0.3, -0.25) is 0 Å². The normalized spacial score (nSPS) is 9.95. The molecule has 0 unspecified atom stereocenters. The van der Waals surface area contributed by atoms with E-state index in [0.29, 0.717) is 12.3 Å². The second-order valence-electron chi connectivity index (χ2n) is 4.01. The molecule has 19 heavy (non-hydrogen) atoms. The van der Waals surface area contributed by atoms with Crippen LogP contribution in [0.1, 0.15) is 11.1 Å². The maximum atomic E-state index is 13.4. The second-order valence-corrected chi connectivity index (χ2v) is 4.01. The molecule has 0 aliphatic heterocycles. The molecular weight excluding hydrogens is 243 g/mol. The molecule has 0 spiro atoms. The number of nitriles is 1. The van der Waals surface area contributed by atoms with Crippen LogP contribution in [0.15, 0.2) is 42.5 Å². The van der Waals surface area contributed by atoms with Crippen molar-refractivity contribution in [3.63, 3.8) is 0 Å². The maximum Gasteiger partial charge on any atom is 0.148 e. The van der Waals surface area contributed by atoms with Gasteiger partial charge in [0.2, 0.25) is 0 Å². The average Bonchev–Trinajstić information content (AvgIpc) is 2.42. The van der Waals surface area contributed by atoms with Gasteiger partial charge in [0, 0.05) is 0 Å². The summed E-state index contributed by atoms with van der Waals surface area (Å²) < 4.78 is 18.9. The summed E-state index contributed by atoms with van der Waals surface area (Å²) in [6.45, 7) is 0.586. The van der Waals surface area contributed by atoms with Crippen LogP contribution in [-0.4, -0.2) is 6.54 Å². The molecule has 0 heterocycles. The fourth-order valence-electron chi connectivity index (χ4n) is 1.72. The molecule has 0 atom stereocenters. The van der Waals surface area contributed by atoms with Crippen LogP contribution in [0.25, 0.3) is 0 Å². The molecule has 0 aliphatic rings. The molecule has 0 saturated heterocycles. The third-order valence-electron chi connectivity index (χ3n) is 2.67. The van der Waals surface area contributed by atoms with Crippen molar-refractivity contribution < 1.29 is 9.13 Å². The van der Waals surface area contributed by atoms with E-state index in [1.807, 2.05) is 12.1 Å². The van der Waals surface area contributed by atoms with Gasteiger partial charge in [0.15, 0.2) is 0 Å². The van der Waals surface area contributed by atoms with Gasteiger partial charge in [-0.25, -0.2) is 4.39 Å². The Morgan fingerprint density at radius 3 is 2.53 bits per heavy atom. The summed E-state index contributed by atoms with van der Waals surface area (Å²) in [5.74, 6) is 0.191. The highest BCUT2D eigenvalue weighted by Crippen LogP contribution is 2.26. The quantitative estimate of drug-likeness (QED) is 0.914. The number of benzene rings is 2. The summed E-state index contributed by atoms with van der Waals surface area (Å²) in [5.41, 5.74) is 6.48. The van der Waals surface area contributed by atoms with Crippen LogP contribution in [-0.2, 0) is 6.42 Å². The molecule has 2 aromatic rings. The van der Waals surface area contributed by atoms with E-state index in [4.69, 9.17) is 15.7 Å². The number of ether oxygens (including phenoxy) is 1. The lowest BCUT2D eigenvalue weighted by molar-refractivity contribution is 0.474. The van der Waals surface area contributed by atoms with Crippen LogP contribution in [0.4, 0.5) is 4.39 Å². The van der Waals surface area contributed by atoms with Crippen LogP contribution in [0.5, 0.6) is 11.5 Å². The molecule has 4 heteroatoms. The summed E-state index contributed by atoms with van der Waals surface area (Å²) in [4.78, 5) is 0. The van der Waals surface area contributed by atoms with Crippen molar-refractivity contribution >= 4 is 0 Å². The molecule has 0 amide bonds. The van der Waals surface area contributed by atoms with E-state index in [2.05, 4.69) is 0 Å². The van der Waals surface area contributed by atoms with Crippen molar-refractivity contribution in [2.75, 3.05) is 6.54 Å². The lowest BCUT2D eigenvalue weighted by atomic mass is 10.1. The molecule has 2 rings (SSSR count). The molecule has 96 valence electrons. The topological polar surface area (TPSA) is 59.0 Å². The van der Waals surface area contributed by atoms with Crippen molar-refractivity contribution in [3.05, 3.63) is 59.4 Å². The van der Waals surface area contributed by atoms with Gasteiger partial charge < -0.3 is 10.5 Å². The largest absolute Gasteiger partial charge is 0.456 e. The summed E-state index contributed by atoms with van der Waals surface area (Å²) in [7, 11) is 0. The van der Waals surface area contributed by atoms with Gasteiger partial charge in [0.05, 0.1) is 0 Å². The molecule has 2 N–H and O–H groups in total. The van der Waals surface area contributed by atoms with Crippen molar-refractivity contribution in [2.24, 2.45) is 5.73 Å². The summed E-state index contributed by atoms with van der Waals surface area (Å²) in [6.07, 6.45) is 0.795. The first-order chi connectivity index (χ1) is 9.24. The monoisotopic (exact) mass is 256 g/mol. The van der Waals surface area contributed by atoms with E-state index in [9.17, 15) is 4.39 Å². The van der Waals surface area contributed by atoms with Crippen molar-refractivity contribution in [1.82, 2.24) is 0 Å². The Labute approximate surface area is 111 Å². The van der Waals surface area contributed by atoms with Crippen molar-refractivity contribution in [3.8, 4) is 17.6 Å². The van der Waals surface area contributed by atoms with E-state index in [1.165, 1.54) is 12.1 Å². The Balaban J connectivity index is 2.22. The summed E-state index contributed by atoms with van der Waals surface area (Å²) in [5, 5.41) is 8.91. The molecule has 0 radical (unpaired) electrons. The minimum atomic E-state index is -0.584. The lowest BCUT2D eigenvalue weighted by Gasteiger charge is -2.08. The van der Waals surface area contributed by atoms with E-state index >= 15 is 0 Å². The third-order valence-corrected chi connectivity index (χ3v) is 2.67. The molecule has 2 aromatic carbocycles. The molecule has 0 saturated carbocycles.